The molecular formula is C31H32N2O8S. The van der Waals surface area contributed by atoms with E-state index in [4.69, 9.17) is 18.9 Å². The number of methoxy groups -OCH3 is 1. The molecule has 10 nitrogen and oxygen atoms in total. The molecule has 1 fully saturated rings. The van der Waals surface area contributed by atoms with Crippen molar-refractivity contribution in [2.75, 3.05) is 25.2 Å². The van der Waals surface area contributed by atoms with Crippen molar-refractivity contribution in [1.29, 1.82) is 0 Å². The average Bonchev–Trinajstić information content (AvgIpc) is 3.63. The van der Waals surface area contributed by atoms with Crippen molar-refractivity contribution in [3.8, 4) is 17.2 Å². The van der Waals surface area contributed by atoms with Gasteiger partial charge in [-0.3, -0.25) is 14.5 Å². The standard InChI is InChI=1S/C31H32N2O8S/c1-6-12-40-22-11-8-18(15-23(22)39-7-2)25-24(26(34)19-9-10-21-20(14-19)13-16(3)41-21)27(35)29(36)33(25)31-32-17(4)28(42-31)30(37)38-5/h8-11,14-16,25,34H,6-7,12-13H2,1-5H3/t16-,25-/m0/s1. The van der Waals surface area contributed by atoms with Crippen molar-refractivity contribution in [3.05, 3.63) is 69.2 Å². The van der Waals surface area contributed by atoms with Gasteiger partial charge in [-0.2, -0.15) is 0 Å². The number of thiazole rings is 1. The second-order valence-electron chi connectivity index (χ2n) is 10.0. The summed E-state index contributed by atoms with van der Waals surface area (Å²) in [6.07, 6.45) is 1.44. The van der Waals surface area contributed by atoms with Crippen molar-refractivity contribution < 1.29 is 38.4 Å². The van der Waals surface area contributed by atoms with Crippen LogP contribution in [0.4, 0.5) is 5.13 Å². The molecule has 0 spiro atoms. The highest BCUT2D eigenvalue weighted by Crippen LogP contribution is 2.46. The summed E-state index contributed by atoms with van der Waals surface area (Å²) in [5, 5.41) is 11.7. The van der Waals surface area contributed by atoms with Crippen molar-refractivity contribution in [1.82, 2.24) is 4.98 Å². The summed E-state index contributed by atoms with van der Waals surface area (Å²) in [5.74, 6) is -1.01. The van der Waals surface area contributed by atoms with Gasteiger partial charge in [-0.25, -0.2) is 9.78 Å². The number of benzene rings is 2. The van der Waals surface area contributed by atoms with E-state index in [1.165, 1.54) is 12.0 Å². The molecule has 11 heteroatoms. The monoisotopic (exact) mass is 592 g/mol. The van der Waals surface area contributed by atoms with Crippen molar-refractivity contribution in [3.63, 3.8) is 0 Å². The second kappa shape index (κ2) is 11.8. The lowest BCUT2D eigenvalue weighted by molar-refractivity contribution is -0.132. The Bertz CT molecular complexity index is 1590. The van der Waals surface area contributed by atoms with Gasteiger partial charge in [0.1, 0.15) is 22.5 Å². The number of aromatic nitrogens is 1. The van der Waals surface area contributed by atoms with Crippen LogP contribution >= 0.6 is 11.3 Å². The number of aliphatic hydroxyl groups is 1. The number of fused-ring (bicyclic) bond motifs is 1. The third-order valence-corrected chi connectivity index (χ3v) is 8.16. The number of amides is 1. The molecule has 3 heterocycles. The van der Waals surface area contributed by atoms with Gasteiger partial charge in [-0.05, 0) is 68.7 Å². The maximum Gasteiger partial charge on any atom is 0.350 e. The average molecular weight is 593 g/mol. The van der Waals surface area contributed by atoms with Gasteiger partial charge in [0.15, 0.2) is 16.6 Å². The first kappa shape index (κ1) is 29.1. The summed E-state index contributed by atoms with van der Waals surface area (Å²) in [6, 6.07) is 9.26. The van der Waals surface area contributed by atoms with Crippen molar-refractivity contribution >= 4 is 39.9 Å². The first-order valence-corrected chi connectivity index (χ1v) is 14.6. The molecule has 1 saturated heterocycles. The molecule has 5 rings (SSSR count). The molecule has 42 heavy (non-hydrogen) atoms. The van der Waals surface area contributed by atoms with E-state index < -0.39 is 23.7 Å². The summed E-state index contributed by atoms with van der Waals surface area (Å²) >= 11 is 0.939. The van der Waals surface area contributed by atoms with Crippen LogP contribution in [0.2, 0.25) is 0 Å². The van der Waals surface area contributed by atoms with Crippen LogP contribution in [0, 0.1) is 6.92 Å². The van der Waals surface area contributed by atoms with Crippen LogP contribution in [0.25, 0.3) is 5.76 Å². The van der Waals surface area contributed by atoms with E-state index in [0.29, 0.717) is 53.7 Å². The molecule has 0 radical (unpaired) electrons. The summed E-state index contributed by atoms with van der Waals surface area (Å²) < 4.78 is 22.4. The molecule has 0 saturated carbocycles. The van der Waals surface area contributed by atoms with Gasteiger partial charge in [0.2, 0.25) is 0 Å². The van der Waals surface area contributed by atoms with Crippen molar-refractivity contribution in [2.24, 2.45) is 0 Å². The number of anilines is 1. The molecule has 2 aliphatic heterocycles. The number of esters is 1. The fourth-order valence-corrected chi connectivity index (χ4v) is 6.14. The Hall–Kier alpha value is -4.38. The third-order valence-electron chi connectivity index (χ3n) is 7.02. The van der Waals surface area contributed by atoms with Crippen LogP contribution in [-0.4, -0.2) is 54.2 Å². The lowest BCUT2D eigenvalue weighted by Crippen LogP contribution is -2.29. The Labute approximate surface area is 247 Å². The minimum atomic E-state index is -1.07. The first-order chi connectivity index (χ1) is 20.2. The van der Waals surface area contributed by atoms with Crippen molar-refractivity contribution in [2.45, 2.75) is 52.7 Å². The van der Waals surface area contributed by atoms with Gasteiger partial charge < -0.3 is 24.1 Å². The molecule has 0 unspecified atom stereocenters. The molecule has 2 aliphatic rings. The smallest absolute Gasteiger partial charge is 0.350 e. The largest absolute Gasteiger partial charge is 0.507 e. The number of hydrogen-bond donors (Lipinski definition) is 1. The van der Waals surface area contributed by atoms with E-state index in [0.717, 1.165) is 23.3 Å². The Morgan fingerprint density at radius 2 is 1.93 bits per heavy atom. The summed E-state index contributed by atoms with van der Waals surface area (Å²) in [7, 11) is 1.26. The number of aliphatic hydroxyl groups excluding tert-OH is 1. The van der Waals surface area contributed by atoms with E-state index in [-0.39, 0.29) is 27.4 Å². The number of Topliss-reactive ketones (excluding diaryl/α,β-unsaturated/α-hetero) is 1. The van der Waals surface area contributed by atoms with E-state index in [9.17, 15) is 19.5 Å². The zero-order valence-electron chi connectivity index (χ0n) is 24.1. The minimum absolute atomic E-state index is 0.00875. The van der Waals surface area contributed by atoms with Crippen LogP contribution in [-0.2, 0) is 20.7 Å². The van der Waals surface area contributed by atoms with Gasteiger partial charge in [-0.15, -0.1) is 0 Å². The third kappa shape index (κ3) is 5.20. The molecule has 1 aromatic heterocycles. The molecule has 1 N–H and O–H groups in total. The molecule has 0 aliphatic carbocycles. The number of rotatable bonds is 9. The lowest BCUT2D eigenvalue weighted by Gasteiger charge is -2.24. The van der Waals surface area contributed by atoms with Gasteiger partial charge in [-0.1, -0.05) is 24.3 Å². The SMILES string of the molecule is CCCOc1ccc([C@H]2C(=C(O)c3ccc4c(c3)C[C@H](C)O4)C(=O)C(=O)N2c2nc(C)c(C(=O)OC)s2)cc1OCC. The van der Waals surface area contributed by atoms with Crippen LogP contribution in [0.5, 0.6) is 17.2 Å². The number of aryl methyl sites for hydroxylation is 1. The van der Waals surface area contributed by atoms with Gasteiger partial charge >= 0.3 is 11.9 Å². The zero-order chi connectivity index (χ0) is 30.1. The zero-order valence-corrected chi connectivity index (χ0v) is 24.9. The highest BCUT2D eigenvalue weighted by Gasteiger charge is 2.48. The number of carbonyl (C=O) groups excluding carboxylic acids is 3. The van der Waals surface area contributed by atoms with E-state index in [1.54, 1.807) is 43.3 Å². The normalized spacial score (nSPS) is 19.0. The first-order valence-electron chi connectivity index (χ1n) is 13.7. The second-order valence-corrected chi connectivity index (χ2v) is 11.0. The predicted molar refractivity (Wildman–Crippen MR) is 157 cm³/mol. The minimum Gasteiger partial charge on any atom is -0.507 e. The molecule has 220 valence electrons. The Kier molecular flexibility index (Phi) is 8.22. The van der Waals surface area contributed by atoms with E-state index >= 15 is 0 Å². The number of hydrogen-bond acceptors (Lipinski definition) is 10. The summed E-state index contributed by atoms with van der Waals surface area (Å²) in [6.45, 7) is 8.25. The highest BCUT2D eigenvalue weighted by atomic mass is 32.1. The van der Waals surface area contributed by atoms with Crippen LogP contribution < -0.4 is 19.1 Å². The fourth-order valence-electron chi connectivity index (χ4n) is 5.13. The molecule has 2 aromatic carbocycles. The molecule has 0 bridgehead atoms. The fraction of sp³-hybridized carbons (Fsp3) is 0.355. The number of ketones is 1. The topological polar surface area (TPSA) is 124 Å². The van der Waals surface area contributed by atoms with Gasteiger partial charge in [0, 0.05) is 12.0 Å². The maximum atomic E-state index is 13.7. The Balaban J connectivity index is 1.69. The molecule has 1 amide bonds. The number of nitrogens with zero attached hydrogens (tertiary/aromatic N) is 2. The molecule has 2 atom stereocenters. The number of carbonyl (C=O) groups is 3. The predicted octanol–water partition coefficient (Wildman–Crippen LogP) is 5.38. The van der Waals surface area contributed by atoms with Gasteiger partial charge in [0.25, 0.3) is 5.78 Å². The van der Waals surface area contributed by atoms with E-state index in [2.05, 4.69) is 4.98 Å². The van der Waals surface area contributed by atoms with Crippen LogP contribution in [0.1, 0.15) is 65.3 Å². The van der Waals surface area contributed by atoms with E-state index in [1.807, 2.05) is 20.8 Å². The summed E-state index contributed by atoms with van der Waals surface area (Å²) in [5.41, 5.74) is 2.02. The van der Waals surface area contributed by atoms with Crippen LogP contribution in [0.15, 0.2) is 42.0 Å². The molecule has 3 aromatic rings. The Morgan fingerprint density at radius 3 is 2.64 bits per heavy atom. The quantitative estimate of drug-likeness (QED) is 0.151. The summed E-state index contributed by atoms with van der Waals surface area (Å²) in [4.78, 5) is 45.6. The number of ether oxygens (including phenoxy) is 4. The molecular weight excluding hydrogens is 560 g/mol. The van der Waals surface area contributed by atoms with Crippen LogP contribution in [0.3, 0.4) is 0 Å². The van der Waals surface area contributed by atoms with Gasteiger partial charge in [0.05, 0.1) is 37.6 Å². The lowest BCUT2D eigenvalue weighted by atomic mass is 9.94. The maximum absolute atomic E-state index is 13.7. The Morgan fingerprint density at radius 1 is 1.14 bits per heavy atom. The highest BCUT2D eigenvalue weighted by molar-refractivity contribution is 7.17.